The number of likely N-dealkylation sites (tertiary alicyclic amines) is 1. The molecule has 94 valence electrons. The summed E-state index contributed by atoms with van der Waals surface area (Å²) in [7, 11) is 0. The fourth-order valence-corrected chi connectivity index (χ4v) is 2.44. The van der Waals surface area contributed by atoms with Gasteiger partial charge in [0.05, 0.1) is 0 Å². The molecule has 2 N–H and O–H groups in total. The van der Waals surface area contributed by atoms with E-state index >= 15 is 0 Å². The molecule has 0 radical (unpaired) electrons. The van der Waals surface area contributed by atoms with Crippen LogP contribution in [0.5, 0.6) is 0 Å². The van der Waals surface area contributed by atoms with Crippen LogP contribution in [0.1, 0.15) is 33.6 Å². The highest BCUT2D eigenvalue weighted by atomic mass is 16.4. The lowest BCUT2D eigenvalue weighted by molar-refractivity contribution is -0.140. The Morgan fingerprint density at radius 2 is 2.25 bits per heavy atom. The maximum absolute atomic E-state index is 11.0. The molecule has 1 saturated heterocycles. The molecular weight excluding hydrogens is 204 g/mol. The monoisotopic (exact) mass is 228 g/mol. The molecular formula is C12H24N2O2. The van der Waals surface area contributed by atoms with E-state index < -0.39 is 12.0 Å². The number of hydrogen-bond acceptors (Lipinski definition) is 3. The highest BCUT2D eigenvalue weighted by Gasteiger charge is 2.27. The first-order valence-corrected chi connectivity index (χ1v) is 6.24. The van der Waals surface area contributed by atoms with Crippen molar-refractivity contribution in [1.82, 2.24) is 10.2 Å². The van der Waals surface area contributed by atoms with E-state index in [2.05, 4.69) is 24.1 Å². The molecule has 0 aromatic heterocycles. The predicted octanol–water partition coefficient (Wildman–Crippen LogP) is 1.17. The van der Waals surface area contributed by atoms with Gasteiger partial charge < -0.3 is 10.4 Å². The van der Waals surface area contributed by atoms with E-state index in [1.54, 1.807) is 0 Å². The van der Waals surface area contributed by atoms with Crippen molar-refractivity contribution in [2.24, 2.45) is 5.92 Å². The maximum atomic E-state index is 11.0. The van der Waals surface area contributed by atoms with Gasteiger partial charge in [0.2, 0.25) is 0 Å². The standard InChI is InChI=1S/C12H24N2O2/c1-4-13-11(12(15)16)8-14-6-5-9(2)7-10(14)3/h9-11,13H,4-8H2,1-3H3,(H,15,16). The minimum Gasteiger partial charge on any atom is -0.480 e. The molecule has 3 unspecified atom stereocenters. The van der Waals surface area contributed by atoms with Crippen molar-refractivity contribution in [2.75, 3.05) is 19.6 Å². The number of hydrogen-bond donors (Lipinski definition) is 2. The minimum atomic E-state index is -0.743. The third kappa shape index (κ3) is 3.76. The van der Waals surface area contributed by atoms with Gasteiger partial charge in [-0.1, -0.05) is 13.8 Å². The molecule has 0 saturated carbocycles. The first-order valence-electron chi connectivity index (χ1n) is 6.24. The summed E-state index contributed by atoms with van der Waals surface area (Å²) < 4.78 is 0. The van der Waals surface area contributed by atoms with Crippen molar-refractivity contribution in [3.8, 4) is 0 Å². The van der Waals surface area contributed by atoms with E-state index in [-0.39, 0.29) is 0 Å². The average Bonchev–Trinajstić information content (AvgIpc) is 2.20. The fraction of sp³-hybridized carbons (Fsp3) is 0.917. The van der Waals surface area contributed by atoms with Crippen LogP contribution in [-0.2, 0) is 4.79 Å². The van der Waals surface area contributed by atoms with Crippen LogP contribution in [-0.4, -0.2) is 47.7 Å². The number of likely N-dealkylation sites (N-methyl/N-ethyl adjacent to an activating group) is 1. The van der Waals surface area contributed by atoms with Gasteiger partial charge in [0.15, 0.2) is 0 Å². The van der Waals surface area contributed by atoms with E-state index in [0.29, 0.717) is 19.1 Å². The highest BCUT2D eigenvalue weighted by Crippen LogP contribution is 2.21. The van der Waals surface area contributed by atoms with Gasteiger partial charge in [-0.15, -0.1) is 0 Å². The Balaban J connectivity index is 2.47. The summed E-state index contributed by atoms with van der Waals surface area (Å²) in [5, 5.41) is 12.1. The molecule has 0 aliphatic carbocycles. The SMILES string of the molecule is CCNC(CN1CCC(C)CC1C)C(=O)O. The van der Waals surface area contributed by atoms with Crippen LogP contribution in [0.3, 0.4) is 0 Å². The second-order valence-electron chi connectivity index (χ2n) is 4.92. The number of nitrogens with zero attached hydrogens (tertiary/aromatic N) is 1. The largest absolute Gasteiger partial charge is 0.480 e. The highest BCUT2D eigenvalue weighted by molar-refractivity contribution is 5.73. The van der Waals surface area contributed by atoms with Gasteiger partial charge in [0.25, 0.3) is 0 Å². The second-order valence-corrected chi connectivity index (χ2v) is 4.92. The summed E-state index contributed by atoms with van der Waals surface area (Å²) in [6, 6.07) is 0.0742. The van der Waals surface area contributed by atoms with Crippen molar-refractivity contribution < 1.29 is 9.90 Å². The molecule has 1 aliphatic rings. The summed E-state index contributed by atoms with van der Waals surface area (Å²) in [5.74, 6) is 0.0290. The van der Waals surface area contributed by atoms with Crippen LogP contribution >= 0.6 is 0 Å². The number of piperidine rings is 1. The molecule has 1 rings (SSSR count). The maximum Gasteiger partial charge on any atom is 0.322 e. The first kappa shape index (κ1) is 13.5. The van der Waals surface area contributed by atoms with Crippen LogP contribution < -0.4 is 5.32 Å². The third-order valence-electron chi connectivity index (χ3n) is 3.44. The zero-order valence-electron chi connectivity index (χ0n) is 10.6. The van der Waals surface area contributed by atoms with Gasteiger partial charge in [-0.25, -0.2) is 0 Å². The Kier molecular flexibility index (Phi) is 5.22. The number of nitrogens with one attached hydrogen (secondary N) is 1. The normalized spacial score (nSPS) is 28.9. The van der Waals surface area contributed by atoms with Crippen molar-refractivity contribution >= 4 is 5.97 Å². The molecule has 1 heterocycles. The molecule has 0 spiro atoms. The first-order chi connectivity index (χ1) is 7.54. The lowest BCUT2D eigenvalue weighted by atomic mass is 9.93. The van der Waals surface area contributed by atoms with Gasteiger partial charge in [0, 0.05) is 12.6 Å². The fourth-order valence-electron chi connectivity index (χ4n) is 2.44. The quantitative estimate of drug-likeness (QED) is 0.741. The summed E-state index contributed by atoms with van der Waals surface area (Å²) in [4.78, 5) is 13.3. The van der Waals surface area contributed by atoms with E-state index in [9.17, 15) is 4.79 Å². The van der Waals surface area contributed by atoms with E-state index in [4.69, 9.17) is 5.11 Å². The van der Waals surface area contributed by atoms with Crippen LogP contribution in [0.25, 0.3) is 0 Å². The van der Waals surface area contributed by atoms with Crippen molar-refractivity contribution in [3.63, 3.8) is 0 Å². The van der Waals surface area contributed by atoms with Gasteiger partial charge in [-0.2, -0.15) is 0 Å². The van der Waals surface area contributed by atoms with Gasteiger partial charge in [-0.3, -0.25) is 9.69 Å². The Labute approximate surface area is 98.0 Å². The van der Waals surface area contributed by atoms with E-state index in [1.807, 2.05) is 6.92 Å². The molecule has 3 atom stereocenters. The van der Waals surface area contributed by atoms with Crippen LogP contribution in [0.2, 0.25) is 0 Å². The summed E-state index contributed by atoms with van der Waals surface area (Å²) in [6.07, 6.45) is 2.36. The number of rotatable bonds is 5. The summed E-state index contributed by atoms with van der Waals surface area (Å²) in [6.45, 7) is 8.76. The molecule has 0 amide bonds. The Hall–Kier alpha value is -0.610. The molecule has 0 aromatic rings. The van der Waals surface area contributed by atoms with Gasteiger partial charge >= 0.3 is 5.97 Å². The zero-order valence-corrected chi connectivity index (χ0v) is 10.6. The number of carboxylic acid groups (broad SMARTS) is 1. The minimum absolute atomic E-state index is 0.430. The lowest BCUT2D eigenvalue weighted by Gasteiger charge is -2.37. The van der Waals surface area contributed by atoms with Crippen LogP contribution in [0, 0.1) is 5.92 Å². The van der Waals surface area contributed by atoms with Gasteiger partial charge in [0.1, 0.15) is 6.04 Å². The average molecular weight is 228 g/mol. The Bertz CT molecular complexity index is 233. The molecule has 1 fully saturated rings. The lowest BCUT2D eigenvalue weighted by Crippen LogP contribution is -2.50. The number of carbonyl (C=O) groups is 1. The van der Waals surface area contributed by atoms with E-state index in [1.165, 1.54) is 12.8 Å². The van der Waals surface area contributed by atoms with Crippen LogP contribution in [0.4, 0.5) is 0 Å². The number of carboxylic acids is 1. The predicted molar refractivity (Wildman–Crippen MR) is 64.5 cm³/mol. The third-order valence-corrected chi connectivity index (χ3v) is 3.44. The van der Waals surface area contributed by atoms with Crippen molar-refractivity contribution in [3.05, 3.63) is 0 Å². The Morgan fingerprint density at radius 1 is 1.56 bits per heavy atom. The topological polar surface area (TPSA) is 52.6 Å². The number of aliphatic carboxylic acids is 1. The van der Waals surface area contributed by atoms with E-state index in [0.717, 1.165) is 12.5 Å². The molecule has 0 bridgehead atoms. The van der Waals surface area contributed by atoms with Crippen molar-refractivity contribution in [1.29, 1.82) is 0 Å². The molecule has 4 heteroatoms. The van der Waals surface area contributed by atoms with Crippen LogP contribution in [0.15, 0.2) is 0 Å². The molecule has 0 aromatic carbocycles. The smallest absolute Gasteiger partial charge is 0.322 e. The molecule has 16 heavy (non-hydrogen) atoms. The summed E-state index contributed by atoms with van der Waals surface area (Å²) >= 11 is 0. The molecule has 1 aliphatic heterocycles. The van der Waals surface area contributed by atoms with Gasteiger partial charge in [-0.05, 0) is 38.8 Å². The Morgan fingerprint density at radius 3 is 2.75 bits per heavy atom. The summed E-state index contributed by atoms with van der Waals surface area (Å²) in [5.41, 5.74) is 0. The second kappa shape index (κ2) is 6.21. The molecule has 4 nitrogen and oxygen atoms in total. The zero-order chi connectivity index (χ0) is 12.1. The van der Waals surface area contributed by atoms with Crippen molar-refractivity contribution in [2.45, 2.75) is 45.7 Å².